The van der Waals surface area contributed by atoms with Gasteiger partial charge < -0.3 is 34.0 Å². The molecule has 8 heteroatoms. The molecule has 0 bridgehead atoms. The molecule has 0 heterocycles. The van der Waals surface area contributed by atoms with Crippen molar-refractivity contribution in [2.45, 2.75) is 82.8 Å². The van der Waals surface area contributed by atoms with Crippen molar-refractivity contribution in [3.8, 4) is 0 Å². The van der Waals surface area contributed by atoms with Gasteiger partial charge in [0.1, 0.15) is 6.29 Å². The third kappa shape index (κ3) is 6.59. The van der Waals surface area contributed by atoms with E-state index in [0.717, 1.165) is 6.29 Å². The number of hydrogen-bond acceptors (Lipinski definition) is 7. The lowest BCUT2D eigenvalue weighted by Crippen LogP contribution is -2.47. The molecule has 6 atom stereocenters. The Bertz CT molecular complexity index is 452. The number of hydrogen-bond donors (Lipinski definition) is 3. The molecule has 1 rings (SSSR count). The van der Waals surface area contributed by atoms with Crippen LogP contribution in [0, 0.1) is 11.8 Å². The molecule has 1 saturated carbocycles. The summed E-state index contributed by atoms with van der Waals surface area (Å²) >= 11 is 0. The lowest BCUT2D eigenvalue weighted by atomic mass is 9.90. The molecule has 0 radical (unpaired) electrons. The predicted octanol–water partition coefficient (Wildman–Crippen LogP) is 1.70. The smallest absolute Gasteiger partial charge is 0.192 e. The highest BCUT2D eigenvalue weighted by molar-refractivity contribution is 6.74. The molecule has 0 spiro atoms. The van der Waals surface area contributed by atoms with Crippen LogP contribution in [0.2, 0.25) is 18.1 Å². The summed E-state index contributed by atoms with van der Waals surface area (Å²) in [5, 5.41) is 29.0. The summed E-state index contributed by atoms with van der Waals surface area (Å²) < 4.78 is 17.9. The van der Waals surface area contributed by atoms with Gasteiger partial charge in [-0.2, -0.15) is 0 Å². The van der Waals surface area contributed by atoms with Crippen LogP contribution in [0.5, 0.6) is 0 Å². The van der Waals surface area contributed by atoms with Gasteiger partial charge in [0, 0.05) is 25.4 Å². The van der Waals surface area contributed by atoms with Gasteiger partial charge in [0.05, 0.1) is 31.5 Å². The molecule has 27 heavy (non-hydrogen) atoms. The van der Waals surface area contributed by atoms with Gasteiger partial charge in [0.15, 0.2) is 14.6 Å². The first-order valence-corrected chi connectivity index (χ1v) is 12.6. The Morgan fingerprint density at radius 1 is 1.30 bits per heavy atom. The zero-order valence-electron chi connectivity index (χ0n) is 17.6. The first kappa shape index (κ1) is 24.7. The molecule has 0 amide bonds. The van der Waals surface area contributed by atoms with Crippen LogP contribution < -0.4 is 0 Å². The van der Waals surface area contributed by atoms with Crippen molar-refractivity contribution in [1.82, 2.24) is 0 Å². The Hall–Kier alpha value is -0.353. The molecule has 160 valence electrons. The molecular weight excluding hydrogens is 368 g/mol. The molecule has 3 N–H and O–H groups in total. The van der Waals surface area contributed by atoms with Crippen LogP contribution in [-0.2, 0) is 18.7 Å². The fourth-order valence-corrected chi connectivity index (χ4v) is 4.70. The van der Waals surface area contributed by atoms with Crippen molar-refractivity contribution < 1.29 is 34.0 Å². The minimum Gasteiger partial charge on any atom is -0.413 e. The second kappa shape index (κ2) is 10.4. The summed E-state index contributed by atoms with van der Waals surface area (Å²) in [6.45, 7) is 10.7. The highest BCUT2D eigenvalue weighted by atomic mass is 28.4. The molecule has 1 fully saturated rings. The number of aldehydes is 1. The van der Waals surface area contributed by atoms with Gasteiger partial charge in [-0.3, -0.25) is 0 Å². The van der Waals surface area contributed by atoms with Crippen molar-refractivity contribution in [3.63, 3.8) is 0 Å². The summed E-state index contributed by atoms with van der Waals surface area (Å²) in [5.41, 5.74) is 0. The monoisotopic (exact) mass is 406 g/mol. The second-order valence-electron chi connectivity index (χ2n) is 8.96. The molecule has 0 aliphatic heterocycles. The molecule has 2 unspecified atom stereocenters. The fourth-order valence-electron chi connectivity index (χ4n) is 3.33. The van der Waals surface area contributed by atoms with Crippen LogP contribution >= 0.6 is 0 Å². The molecule has 0 aromatic heterocycles. The van der Waals surface area contributed by atoms with E-state index >= 15 is 0 Å². The summed E-state index contributed by atoms with van der Waals surface area (Å²) in [6, 6.07) is 0. The third-order valence-corrected chi connectivity index (χ3v) is 10.5. The van der Waals surface area contributed by atoms with Crippen LogP contribution in [0.4, 0.5) is 0 Å². The minimum atomic E-state index is -2.09. The molecule has 7 nitrogen and oxygen atoms in total. The highest BCUT2D eigenvalue weighted by Gasteiger charge is 2.51. The van der Waals surface area contributed by atoms with Crippen molar-refractivity contribution in [1.29, 1.82) is 0 Å². The average Bonchev–Trinajstić information content (AvgIpc) is 2.85. The molecule has 1 aliphatic rings. The molecule has 0 aromatic carbocycles. The first-order chi connectivity index (χ1) is 12.5. The lowest BCUT2D eigenvalue weighted by Gasteiger charge is -2.41. The normalized spacial score (nSPS) is 28.9. The maximum atomic E-state index is 11.2. The lowest BCUT2D eigenvalue weighted by molar-refractivity contribution is -0.183. The van der Waals surface area contributed by atoms with E-state index < -0.39 is 26.8 Å². The van der Waals surface area contributed by atoms with Gasteiger partial charge in [-0.15, -0.1) is 0 Å². The zero-order valence-corrected chi connectivity index (χ0v) is 18.6. The Morgan fingerprint density at radius 2 is 1.93 bits per heavy atom. The highest BCUT2D eigenvalue weighted by Crippen LogP contribution is 2.45. The van der Waals surface area contributed by atoms with Gasteiger partial charge in [-0.25, -0.2) is 0 Å². The zero-order chi connectivity index (χ0) is 20.8. The third-order valence-electron chi connectivity index (χ3n) is 6.00. The predicted molar refractivity (Wildman–Crippen MR) is 105 cm³/mol. The number of carbonyl (C=O) groups excluding carboxylic acids is 1. The first-order valence-electron chi connectivity index (χ1n) is 9.71. The van der Waals surface area contributed by atoms with Crippen molar-refractivity contribution in [3.05, 3.63) is 0 Å². The van der Waals surface area contributed by atoms with Gasteiger partial charge in [0.2, 0.25) is 0 Å². The van der Waals surface area contributed by atoms with Crippen LogP contribution in [-0.4, -0.2) is 74.8 Å². The standard InChI is InChI=1S/C19H38O7Si/c1-19(2,3)27(5,6)26-16-11-15(23)14(7-9-20)17(16)18(24-4)25-10-8-13(22)12-21/h9,13-18,21-23H,7-8,10-12H2,1-6H3/t13?,14-,15-,16+,17+,18?/m1/s1. The van der Waals surface area contributed by atoms with E-state index in [1.165, 1.54) is 7.11 Å². The van der Waals surface area contributed by atoms with Gasteiger partial charge in [-0.1, -0.05) is 20.8 Å². The number of rotatable bonds is 11. The van der Waals surface area contributed by atoms with E-state index in [0.29, 0.717) is 6.42 Å². The van der Waals surface area contributed by atoms with E-state index in [9.17, 15) is 15.0 Å². The van der Waals surface area contributed by atoms with E-state index in [1.807, 2.05) is 0 Å². The topological polar surface area (TPSA) is 105 Å². The summed E-state index contributed by atoms with van der Waals surface area (Å²) in [4.78, 5) is 11.2. The maximum Gasteiger partial charge on any atom is 0.192 e. The Labute approximate surface area is 164 Å². The SMILES string of the molecule is COC(OCCC(O)CO)[C@H]1[C@H](CC=O)[C@H](O)C[C@@H]1O[Si](C)(C)C(C)(C)C. The minimum absolute atomic E-state index is 0.0138. The van der Waals surface area contributed by atoms with Crippen molar-refractivity contribution in [2.24, 2.45) is 11.8 Å². The van der Waals surface area contributed by atoms with Gasteiger partial charge in [0.25, 0.3) is 0 Å². The number of carbonyl (C=O) groups is 1. The second-order valence-corrected chi connectivity index (χ2v) is 13.7. The molecule has 0 aromatic rings. The Balaban J connectivity index is 2.98. The molecule has 0 saturated heterocycles. The van der Waals surface area contributed by atoms with E-state index in [1.54, 1.807) is 0 Å². The van der Waals surface area contributed by atoms with Gasteiger partial charge >= 0.3 is 0 Å². The van der Waals surface area contributed by atoms with Crippen LogP contribution in [0.3, 0.4) is 0 Å². The summed E-state index contributed by atoms with van der Waals surface area (Å²) in [6.07, 6.45) is -0.674. The largest absolute Gasteiger partial charge is 0.413 e. The van der Waals surface area contributed by atoms with E-state index in [-0.39, 0.29) is 49.0 Å². The molecular formula is C19H38O7Si. The van der Waals surface area contributed by atoms with Crippen LogP contribution in [0.1, 0.15) is 40.0 Å². The fraction of sp³-hybridized carbons (Fsp3) is 0.947. The Morgan fingerprint density at radius 3 is 2.41 bits per heavy atom. The van der Waals surface area contributed by atoms with Crippen LogP contribution in [0.25, 0.3) is 0 Å². The van der Waals surface area contributed by atoms with E-state index in [2.05, 4.69) is 33.9 Å². The number of aliphatic hydroxyl groups is 3. The molecule has 1 aliphatic carbocycles. The van der Waals surface area contributed by atoms with Gasteiger partial charge in [-0.05, 0) is 31.0 Å². The Kier molecular flexibility index (Phi) is 9.54. The maximum absolute atomic E-state index is 11.2. The number of methoxy groups -OCH3 is 1. The van der Waals surface area contributed by atoms with E-state index in [4.69, 9.17) is 19.0 Å². The number of ether oxygens (including phenoxy) is 2. The number of aliphatic hydroxyl groups excluding tert-OH is 3. The van der Waals surface area contributed by atoms with Crippen molar-refractivity contribution in [2.75, 3.05) is 20.3 Å². The van der Waals surface area contributed by atoms with Crippen LogP contribution in [0.15, 0.2) is 0 Å². The van der Waals surface area contributed by atoms with Crippen molar-refractivity contribution >= 4 is 14.6 Å². The summed E-state index contributed by atoms with van der Waals surface area (Å²) in [7, 11) is -0.564. The quantitative estimate of drug-likeness (QED) is 0.272. The average molecular weight is 407 g/mol. The summed E-state index contributed by atoms with van der Waals surface area (Å²) in [5.74, 6) is -0.583.